The van der Waals surface area contributed by atoms with Crippen molar-refractivity contribution in [3.8, 4) is 5.75 Å². The molecular weight excluding hydrogens is 277 g/mol. The van der Waals surface area contributed by atoms with Crippen molar-refractivity contribution >= 4 is 29.2 Å². The van der Waals surface area contributed by atoms with Crippen LogP contribution in [0.15, 0.2) is 18.2 Å². The molecule has 6 heteroatoms. The van der Waals surface area contributed by atoms with E-state index >= 15 is 0 Å². The summed E-state index contributed by atoms with van der Waals surface area (Å²) in [7, 11) is 1.37. The first kappa shape index (κ1) is 13.5. The van der Waals surface area contributed by atoms with Crippen molar-refractivity contribution in [3.63, 3.8) is 0 Å². The summed E-state index contributed by atoms with van der Waals surface area (Å²) in [6.07, 6.45) is 0.431. The van der Waals surface area contributed by atoms with Gasteiger partial charge in [0.15, 0.2) is 0 Å². The van der Waals surface area contributed by atoms with Gasteiger partial charge in [-0.3, -0.25) is 4.79 Å². The zero-order valence-corrected chi connectivity index (χ0v) is 11.3. The van der Waals surface area contributed by atoms with Gasteiger partial charge in [0.25, 0.3) is 0 Å². The summed E-state index contributed by atoms with van der Waals surface area (Å²) >= 11 is 11.9. The molecule has 0 bridgehead atoms. The zero-order valence-electron chi connectivity index (χ0n) is 9.78. The number of carbonyl (C=O) groups is 1. The van der Waals surface area contributed by atoms with Gasteiger partial charge in [0, 0.05) is 24.1 Å². The summed E-state index contributed by atoms with van der Waals surface area (Å²) < 4.78 is 10.4. The van der Waals surface area contributed by atoms with Gasteiger partial charge < -0.3 is 14.8 Å². The molecule has 1 aliphatic rings. The van der Waals surface area contributed by atoms with Gasteiger partial charge in [0.05, 0.1) is 12.1 Å². The summed E-state index contributed by atoms with van der Waals surface area (Å²) in [5.74, 6) is 0.250. The minimum atomic E-state index is -0.321. The Kier molecular flexibility index (Phi) is 4.32. The number of nitrogens with one attached hydrogen (secondary N) is 1. The largest absolute Gasteiger partial charge is 0.487 e. The van der Waals surface area contributed by atoms with Crippen LogP contribution in [0.4, 0.5) is 0 Å². The molecule has 4 nitrogen and oxygen atoms in total. The van der Waals surface area contributed by atoms with Crippen LogP contribution in [-0.4, -0.2) is 31.8 Å². The van der Waals surface area contributed by atoms with Gasteiger partial charge >= 0.3 is 5.97 Å². The molecule has 0 radical (unpaired) electrons. The number of methoxy groups -OCH3 is 1. The second-order valence-corrected chi connectivity index (χ2v) is 4.88. The van der Waals surface area contributed by atoms with Crippen molar-refractivity contribution in [2.45, 2.75) is 18.6 Å². The number of benzene rings is 1. The Bertz CT molecular complexity index is 453. The summed E-state index contributed by atoms with van der Waals surface area (Å²) in [5.41, 5.74) is 0. The van der Waals surface area contributed by atoms with Crippen molar-refractivity contribution in [3.05, 3.63) is 28.2 Å². The number of esters is 1. The van der Waals surface area contributed by atoms with E-state index in [9.17, 15) is 4.79 Å². The zero-order chi connectivity index (χ0) is 13.1. The highest BCUT2D eigenvalue weighted by Crippen LogP contribution is 2.29. The van der Waals surface area contributed by atoms with Crippen LogP contribution >= 0.6 is 23.2 Å². The van der Waals surface area contributed by atoms with Crippen molar-refractivity contribution in [1.82, 2.24) is 5.32 Å². The Morgan fingerprint density at radius 1 is 1.44 bits per heavy atom. The molecule has 0 aromatic heterocycles. The van der Waals surface area contributed by atoms with Crippen molar-refractivity contribution in [2.24, 2.45) is 0 Å². The topological polar surface area (TPSA) is 47.6 Å². The van der Waals surface area contributed by atoms with Crippen LogP contribution in [0.1, 0.15) is 6.42 Å². The maximum atomic E-state index is 11.3. The Hall–Kier alpha value is -0.970. The van der Waals surface area contributed by atoms with Crippen LogP contribution in [-0.2, 0) is 9.53 Å². The van der Waals surface area contributed by atoms with Crippen LogP contribution in [0.3, 0.4) is 0 Å². The van der Waals surface area contributed by atoms with E-state index in [4.69, 9.17) is 27.9 Å². The van der Waals surface area contributed by atoms with E-state index in [1.807, 2.05) is 0 Å². The van der Waals surface area contributed by atoms with Gasteiger partial charge in [-0.25, -0.2) is 0 Å². The van der Waals surface area contributed by atoms with E-state index in [-0.39, 0.29) is 18.1 Å². The average molecular weight is 290 g/mol. The second-order valence-electron chi connectivity index (χ2n) is 4.03. The van der Waals surface area contributed by atoms with Crippen LogP contribution in [0.2, 0.25) is 10.0 Å². The fraction of sp³-hybridized carbons (Fsp3) is 0.417. The molecule has 1 N–H and O–H groups in total. The molecule has 1 aromatic carbocycles. The van der Waals surface area contributed by atoms with E-state index in [1.165, 1.54) is 7.11 Å². The summed E-state index contributed by atoms with van der Waals surface area (Å²) in [5, 5.41) is 4.10. The molecule has 98 valence electrons. The van der Waals surface area contributed by atoms with Crippen LogP contribution in [0.5, 0.6) is 5.75 Å². The van der Waals surface area contributed by atoms with Crippen molar-refractivity contribution in [2.75, 3.05) is 13.7 Å². The van der Waals surface area contributed by atoms with E-state index in [0.717, 1.165) is 0 Å². The molecule has 0 spiro atoms. The van der Waals surface area contributed by atoms with Gasteiger partial charge in [-0.1, -0.05) is 23.2 Å². The summed E-state index contributed by atoms with van der Waals surface area (Å²) in [6.45, 7) is 0.572. The van der Waals surface area contributed by atoms with Crippen LogP contribution in [0.25, 0.3) is 0 Å². The van der Waals surface area contributed by atoms with Gasteiger partial charge in [-0.05, 0) is 12.1 Å². The average Bonchev–Trinajstić information content (AvgIpc) is 2.81. The van der Waals surface area contributed by atoms with Gasteiger partial charge in [-0.15, -0.1) is 0 Å². The Labute approximate surface area is 115 Å². The molecule has 1 fully saturated rings. The maximum Gasteiger partial charge on any atom is 0.323 e. The standard InChI is InChI=1S/C12H13Cl2NO3/c1-17-12(16)10-5-8(6-15-10)18-11-4-7(13)2-3-9(11)14/h2-4,8,10,15H,5-6H2,1H3/t8-,10-/m1/s1. The van der Waals surface area contributed by atoms with E-state index < -0.39 is 0 Å². The molecule has 0 saturated carbocycles. The molecule has 1 aromatic rings. The van der Waals surface area contributed by atoms with Crippen molar-refractivity contribution in [1.29, 1.82) is 0 Å². The monoisotopic (exact) mass is 289 g/mol. The maximum absolute atomic E-state index is 11.3. The molecular formula is C12H13Cl2NO3. The van der Waals surface area contributed by atoms with E-state index in [2.05, 4.69) is 10.1 Å². The molecule has 0 aliphatic carbocycles. The van der Waals surface area contributed by atoms with Gasteiger partial charge in [0.1, 0.15) is 17.9 Å². The van der Waals surface area contributed by atoms with E-state index in [0.29, 0.717) is 28.8 Å². The normalized spacial score (nSPS) is 22.8. The Balaban J connectivity index is 1.99. The lowest BCUT2D eigenvalue weighted by atomic mass is 10.2. The first-order chi connectivity index (χ1) is 8.60. The third-order valence-electron chi connectivity index (χ3n) is 2.76. The molecule has 0 amide bonds. The number of carbonyl (C=O) groups excluding carboxylic acids is 1. The lowest BCUT2D eigenvalue weighted by Gasteiger charge is -2.14. The van der Waals surface area contributed by atoms with Gasteiger partial charge in [-0.2, -0.15) is 0 Å². The van der Waals surface area contributed by atoms with Gasteiger partial charge in [0.2, 0.25) is 0 Å². The Morgan fingerprint density at radius 2 is 2.22 bits per heavy atom. The predicted octanol–water partition coefficient (Wildman–Crippen LogP) is 2.28. The minimum absolute atomic E-state index is 0.120. The predicted molar refractivity (Wildman–Crippen MR) is 69.3 cm³/mol. The molecule has 1 aliphatic heterocycles. The lowest BCUT2D eigenvalue weighted by Crippen LogP contribution is -2.31. The summed E-state index contributed by atoms with van der Waals surface area (Å²) in [4.78, 5) is 11.3. The highest BCUT2D eigenvalue weighted by atomic mass is 35.5. The third kappa shape index (κ3) is 3.07. The van der Waals surface area contributed by atoms with Crippen LogP contribution in [0, 0.1) is 0 Å². The first-order valence-electron chi connectivity index (χ1n) is 5.53. The molecule has 2 atom stereocenters. The van der Waals surface area contributed by atoms with Crippen molar-refractivity contribution < 1.29 is 14.3 Å². The van der Waals surface area contributed by atoms with E-state index in [1.54, 1.807) is 18.2 Å². The highest BCUT2D eigenvalue weighted by Gasteiger charge is 2.31. The second kappa shape index (κ2) is 5.78. The molecule has 2 rings (SSSR count). The SMILES string of the molecule is COC(=O)[C@H]1C[C@@H](Oc2cc(Cl)ccc2Cl)CN1. The molecule has 1 saturated heterocycles. The highest BCUT2D eigenvalue weighted by molar-refractivity contribution is 6.34. The number of hydrogen-bond donors (Lipinski definition) is 1. The minimum Gasteiger partial charge on any atom is -0.487 e. The summed E-state index contributed by atoms with van der Waals surface area (Å²) in [6, 6.07) is 4.72. The third-order valence-corrected chi connectivity index (χ3v) is 3.31. The smallest absolute Gasteiger partial charge is 0.323 e. The molecule has 18 heavy (non-hydrogen) atoms. The number of rotatable bonds is 3. The fourth-order valence-electron chi connectivity index (χ4n) is 1.86. The number of ether oxygens (including phenoxy) is 2. The fourth-order valence-corrected chi connectivity index (χ4v) is 2.19. The molecule has 0 unspecified atom stereocenters. The first-order valence-corrected chi connectivity index (χ1v) is 6.28. The quantitative estimate of drug-likeness (QED) is 0.868. The van der Waals surface area contributed by atoms with Crippen LogP contribution < -0.4 is 10.1 Å². The lowest BCUT2D eigenvalue weighted by molar-refractivity contribution is -0.142. The Morgan fingerprint density at radius 3 is 2.94 bits per heavy atom. The molecule has 1 heterocycles. The number of hydrogen-bond acceptors (Lipinski definition) is 4. The number of halogens is 2.